The molecule has 0 aliphatic heterocycles. The van der Waals surface area contributed by atoms with E-state index in [-0.39, 0.29) is 6.61 Å². The first kappa shape index (κ1) is 10.1. The Morgan fingerprint density at radius 2 is 2.46 bits per heavy atom. The van der Waals surface area contributed by atoms with Crippen LogP contribution in [0.3, 0.4) is 0 Å². The molecule has 0 aromatic carbocycles. The first-order valence-corrected chi connectivity index (χ1v) is 4.06. The summed E-state index contributed by atoms with van der Waals surface area (Å²) in [7, 11) is 1.79. The minimum atomic E-state index is -0.719. The van der Waals surface area contributed by atoms with Crippen molar-refractivity contribution < 1.29 is 10.2 Å². The third kappa shape index (κ3) is 3.49. The quantitative estimate of drug-likeness (QED) is 0.508. The van der Waals surface area contributed by atoms with Gasteiger partial charge < -0.3 is 15.5 Å². The normalized spacial score (nSPS) is 13.2. The molecular weight excluding hydrogens is 172 g/mol. The molecule has 1 aromatic rings. The van der Waals surface area contributed by atoms with E-state index in [4.69, 9.17) is 10.2 Å². The largest absolute Gasteiger partial charge is 0.394 e. The van der Waals surface area contributed by atoms with Gasteiger partial charge in [0.1, 0.15) is 6.33 Å². The van der Waals surface area contributed by atoms with Gasteiger partial charge >= 0.3 is 0 Å². The fourth-order valence-electron chi connectivity index (χ4n) is 0.880. The van der Waals surface area contributed by atoms with E-state index in [1.807, 2.05) is 0 Å². The van der Waals surface area contributed by atoms with E-state index in [9.17, 15) is 0 Å². The van der Waals surface area contributed by atoms with Crippen LogP contribution in [0.2, 0.25) is 0 Å². The molecular formula is C7H14N4O2. The van der Waals surface area contributed by atoms with Crippen LogP contribution in [-0.2, 0) is 13.6 Å². The SMILES string of the molecule is Cn1cnc(CNCC(O)CO)n1. The molecule has 6 heteroatoms. The molecule has 1 heterocycles. The number of nitrogens with one attached hydrogen (secondary N) is 1. The molecule has 74 valence electrons. The van der Waals surface area contributed by atoms with E-state index in [1.54, 1.807) is 18.1 Å². The van der Waals surface area contributed by atoms with Crippen molar-refractivity contribution in [1.82, 2.24) is 20.1 Å². The van der Waals surface area contributed by atoms with Gasteiger partial charge in [-0.05, 0) is 0 Å². The minimum absolute atomic E-state index is 0.233. The molecule has 0 aliphatic rings. The van der Waals surface area contributed by atoms with Crippen LogP contribution in [0.15, 0.2) is 6.33 Å². The fraction of sp³-hybridized carbons (Fsp3) is 0.714. The predicted octanol–water partition coefficient (Wildman–Crippen LogP) is -1.74. The molecule has 0 spiro atoms. The van der Waals surface area contributed by atoms with Gasteiger partial charge in [-0.25, -0.2) is 4.98 Å². The van der Waals surface area contributed by atoms with Gasteiger partial charge in [0, 0.05) is 13.6 Å². The van der Waals surface area contributed by atoms with Gasteiger partial charge in [0.25, 0.3) is 0 Å². The van der Waals surface area contributed by atoms with Crippen molar-refractivity contribution in [2.75, 3.05) is 13.2 Å². The van der Waals surface area contributed by atoms with Crippen LogP contribution in [0.1, 0.15) is 5.82 Å². The number of aryl methyl sites for hydroxylation is 1. The van der Waals surface area contributed by atoms with Gasteiger partial charge in [0.15, 0.2) is 5.82 Å². The summed E-state index contributed by atoms with van der Waals surface area (Å²) < 4.78 is 1.61. The summed E-state index contributed by atoms with van der Waals surface area (Å²) in [5.74, 6) is 0.674. The predicted molar refractivity (Wildman–Crippen MR) is 45.8 cm³/mol. The zero-order chi connectivity index (χ0) is 9.68. The Balaban J connectivity index is 2.20. The summed E-state index contributed by atoms with van der Waals surface area (Å²) in [4.78, 5) is 3.98. The van der Waals surface area contributed by atoms with E-state index in [0.717, 1.165) is 0 Å². The number of aliphatic hydroxyl groups excluding tert-OH is 2. The molecule has 1 unspecified atom stereocenters. The number of hydrogen-bond acceptors (Lipinski definition) is 5. The van der Waals surface area contributed by atoms with Crippen LogP contribution in [0.25, 0.3) is 0 Å². The molecule has 13 heavy (non-hydrogen) atoms. The van der Waals surface area contributed by atoms with Gasteiger partial charge in [0.2, 0.25) is 0 Å². The number of aliphatic hydroxyl groups is 2. The van der Waals surface area contributed by atoms with E-state index in [2.05, 4.69) is 15.4 Å². The molecule has 0 aliphatic carbocycles. The highest BCUT2D eigenvalue weighted by Gasteiger charge is 2.02. The van der Waals surface area contributed by atoms with E-state index >= 15 is 0 Å². The van der Waals surface area contributed by atoms with Crippen LogP contribution in [0.5, 0.6) is 0 Å². The third-order valence-corrected chi connectivity index (χ3v) is 1.52. The summed E-state index contributed by atoms with van der Waals surface area (Å²) in [5.41, 5.74) is 0. The summed E-state index contributed by atoms with van der Waals surface area (Å²) in [6.45, 7) is 0.606. The smallest absolute Gasteiger partial charge is 0.164 e. The summed E-state index contributed by atoms with van der Waals surface area (Å²) in [6.07, 6.45) is 0.892. The molecule has 0 radical (unpaired) electrons. The highest BCUT2D eigenvalue weighted by Crippen LogP contribution is 1.86. The average molecular weight is 186 g/mol. The average Bonchev–Trinajstić information content (AvgIpc) is 2.51. The molecule has 3 N–H and O–H groups in total. The first-order valence-electron chi connectivity index (χ1n) is 4.06. The number of rotatable bonds is 5. The molecule has 0 saturated carbocycles. The number of aromatic nitrogens is 3. The Bertz CT molecular complexity index is 250. The zero-order valence-corrected chi connectivity index (χ0v) is 7.51. The second kappa shape index (κ2) is 4.90. The maximum atomic E-state index is 8.98. The minimum Gasteiger partial charge on any atom is -0.394 e. The fourth-order valence-corrected chi connectivity index (χ4v) is 0.880. The molecule has 0 saturated heterocycles. The van der Waals surface area contributed by atoms with Crippen molar-refractivity contribution in [2.45, 2.75) is 12.6 Å². The molecule has 6 nitrogen and oxygen atoms in total. The lowest BCUT2D eigenvalue weighted by molar-refractivity contribution is 0.0941. The van der Waals surface area contributed by atoms with Gasteiger partial charge in [0.05, 0.1) is 19.3 Å². The van der Waals surface area contributed by atoms with Crippen LogP contribution < -0.4 is 5.32 Å². The highest BCUT2D eigenvalue weighted by atomic mass is 16.3. The Morgan fingerprint density at radius 3 is 3.00 bits per heavy atom. The molecule has 0 bridgehead atoms. The third-order valence-electron chi connectivity index (χ3n) is 1.52. The van der Waals surface area contributed by atoms with Crippen molar-refractivity contribution >= 4 is 0 Å². The van der Waals surface area contributed by atoms with Gasteiger partial charge in [-0.1, -0.05) is 0 Å². The molecule has 1 atom stereocenters. The van der Waals surface area contributed by atoms with E-state index in [1.165, 1.54) is 0 Å². The highest BCUT2D eigenvalue weighted by molar-refractivity contribution is 4.80. The lowest BCUT2D eigenvalue weighted by Gasteiger charge is -2.06. The lowest BCUT2D eigenvalue weighted by atomic mass is 10.4. The second-order valence-electron chi connectivity index (χ2n) is 2.80. The lowest BCUT2D eigenvalue weighted by Crippen LogP contribution is -2.29. The Hall–Kier alpha value is -0.980. The van der Waals surface area contributed by atoms with Crippen LogP contribution >= 0.6 is 0 Å². The standard InChI is InChI=1S/C7H14N4O2/c1-11-5-9-7(10-11)3-8-2-6(13)4-12/h5-6,8,12-13H,2-4H2,1H3. The van der Waals surface area contributed by atoms with Crippen LogP contribution in [0, 0.1) is 0 Å². The maximum absolute atomic E-state index is 8.98. The van der Waals surface area contributed by atoms with Gasteiger partial charge in [-0.15, -0.1) is 0 Å². The molecule has 0 fully saturated rings. The van der Waals surface area contributed by atoms with Crippen molar-refractivity contribution in [1.29, 1.82) is 0 Å². The Kier molecular flexibility index (Phi) is 3.81. The van der Waals surface area contributed by atoms with Crippen molar-refractivity contribution in [2.24, 2.45) is 7.05 Å². The number of hydrogen-bond donors (Lipinski definition) is 3. The van der Waals surface area contributed by atoms with Gasteiger partial charge in [-0.2, -0.15) is 5.10 Å². The maximum Gasteiger partial charge on any atom is 0.164 e. The first-order chi connectivity index (χ1) is 6.22. The van der Waals surface area contributed by atoms with E-state index < -0.39 is 6.10 Å². The number of nitrogens with zero attached hydrogens (tertiary/aromatic N) is 3. The van der Waals surface area contributed by atoms with Crippen molar-refractivity contribution in [3.05, 3.63) is 12.2 Å². The summed E-state index contributed by atoms with van der Waals surface area (Å²) in [6, 6.07) is 0. The summed E-state index contributed by atoms with van der Waals surface area (Å²) in [5, 5.41) is 24.4. The van der Waals surface area contributed by atoms with Crippen LogP contribution in [-0.4, -0.2) is 44.2 Å². The Morgan fingerprint density at radius 1 is 1.69 bits per heavy atom. The molecule has 0 amide bonds. The zero-order valence-electron chi connectivity index (χ0n) is 7.51. The van der Waals surface area contributed by atoms with Crippen molar-refractivity contribution in [3.8, 4) is 0 Å². The van der Waals surface area contributed by atoms with Crippen LogP contribution in [0.4, 0.5) is 0 Å². The Labute approximate surface area is 76.2 Å². The molecule has 1 aromatic heterocycles. The van der Waals surface area contributed by atoms with E-state index in [0.29, 0.717) is 18.9 Å². The second-order valence-corrected chi connectivity index (χ2v) is 2.80. The summed E-state index contributed by atoms with van der Waals surface area (Å²) >= 11 is 0. The van der Waals surface area contributed by atoms with Gasteiger partial charge in [-0.3, -0.25) is 4.68 Å². The topological polar surface area (TPSA) is 83.2 Å². The monoisotopic (exact) mass is 186 g/mol. The molecule has 1 rings (SSSR count). The van der Waals surface area contributed by atoms with Crippen molar-refractivity contribution in [3.63, 3.8) is 0 Å².